The average molecular weight is 332 g/mol. The van der Waals surface area contributed by atoms with Gasteiger partial charge in [0.25, 0.3) is 0 Å². The molecule has 2 aromatic carbocycles. The van der Waals surface area contributed by atoms with Crippen LogP contribution in [0.25, 0.3) is 0 Å². The third-order valence-electron chi connectivity index (χ3n) is 3.25. The van der Waals surface area contributed by atoms with Crippen molar-refractivity contribution in [1.82, 2.24) is 0 Å². The highest BCUT2D eigenvalue weighted by atomic mass is 32.2. The third kappa shape index (κ3) is 4.82. The summed E-state index contributed by atoms with van der Waals surface area (Å²) in [6, 6.07) is 12.3. The summed E-state index contributed by atoms with van der Waals surface area (Å²) in [7, 11) is -3.22. The Morgan fingerprint density at radius 1 is 1.09 bits per heavy atom. The highest BCUT2D eigenvalue weighted by Gasteiger charge is 2.07. The Kier molecular flexibility index (Phi) is 5.05. The van der Waals surface area contributed by atoms with E-state index in [1.165, 1.54) is 12.1 Å². The van der Waals surface area contributed by atoms with Crippen LogP contribution in [0.2, 0.25) is 0 Å². The number of benzene rings is 2. The van der Waals surface area contributed by atoms with Gasteiger partial charge in [-0.3, -0.25) is 0 Å². The highest BCUT2D eigenvalue weighted by molar-refractivity contribution is 7.90. The Balaban J connectivity index is 2.05. The van der Waals surface area contributed by atoms with Crippen molar-refractivity contribution in [2.45, 2.75) is 25.3 Å². The quantitative estimate of drug-likeness (QED) is 0.518. The maximum absolute atomic E-state index is 11.4. The Bertz CT molecular complexity index is 805. The minimum Gasteiger partial charge on any atom is -0.389 e. The monoisotopic (exact) mass is 332 g/mol. The van der Waals surface area contributed by atoms with Crippen LogP contribution < -0.4 is 5.73 Å². The van der Waals surface area contributed by atoms with Gasteiger partial charge in [0.2, 0.25) is 0 Å². The molecule has 2 N–H and O–H groups in total. The lowest BCUT2D eigenvalue weighted by Gasteiger charge is -2.05. The van der Waals surface area contributed by atoms with Gasteiger partial charge < -0.3 is 10.6 Å². The molecule has 0 unspecified atom stereocenters. The van der Waals surface area contributed by atoms with Crippen LogP contribution in [-0.2, 0) is 21.3 Å². The van der Waals surface area contributed by atoms with Gasteiger partial charge in [0.1, 0.15) is 6.61 Å². The number of nitrogens with two attached hydrogens (primary N) is 1. The molecule has 0 spiro atoms. The van der Waals surface area contributed by atoms with E-state index in [4.69, 9.17) is 10.6 Å². The number of nitrogens with zero attached hydrogens (tertiary/aromatic N) is 1. The molecule has 0 saturated carbocycles. The Hall–Kier alpha value is -2.34. The maximum Gasteiger partial charge on any atom is 0.175 e. The van der Waals surface area contributed by atoms with E-state index in [1.54, 1.807) is 12.1 Å². The smallest absolute Gasteiger partial charge is 0.175 e. The first-order chi connectivity index (χ1) is 10.8. The lowest BCUT2D eigenvalue weighted by atomic mass is 10.1. The molecule has 0 radical (unpaired) electrons. The minimum atomic E-state index is -3.22. The van der Waals surface area contributed by atoms with Gasteiger partial charge in [0.05, 0.1) is 4.90 Å². The van der Waals surface area contributed by atoms with Crippen LogP contribution in [0.3, 0.4) is 0 Å². The van der Waals surface area contributed by atoms with Gasteiger partial charge >= 0.3 is 0 Å². The van der Waals surface area contributed by atoms with Crippen LogP contribution in [0.5, 0.6) is 0 Å². The molecule has 122 valence electrons. The molecule has 0 saturated heterocycles. The van der Waals surface area contributed by atoms with Crippen molar-refractivity contribution in [2.75, 3.05) is 6.26 Å². The van der Waals surface area contributed by atoms with Crippen molar-refractivity contribution in [3.63, 3.8) is 0 Å². The molecule has 0 aromatic heterocycles. The van der Waals surface area contributed by atoms with E-state index in [0.717, 1.165) is 22.9 Å². The van der Waals surface area contributed by atoms with Gasteiger partial charge in [-0.15, -0.1) is 0 Å². The second-order valence-electron chi connectivity index (χ2n) is 5.54. The molecule has 23 heavy (non-hydrogen) atoms. The number of oxime groups is 1. The van der Waals surface area contributed by atoms with Crippen LogP contribution in [0.15, 0.2) is 52.5 Å². The van der Waals surface area contributed by atoms with Crippen molar-refractivity contribution >= 4 is 15.7 Å². The summed E-state index contributed by atoms with van der Waals surface area (Å²) >= 11 is 0. The SMILES string of the molecule is Cc1cc(C)cc(CO/N=C(\N)c2ccc(S(C)(=O)=O)cc2)c1. The van der Waals surface area contributed by atoms with Gasteiger partial charge in [0.15, 0.2) is 15.7 Å². The standard InChI is InChI=1S/C17H20N2O3S/c1-12-8-13(2)10-14(9-12)11-22-19-17(18)15-4-6-16(7-5-15)23(3,20)21/h4-10H,11H2,1-3H3,(H2,18,19). The molecule has 0 amide bonds. The Morgan fingerprint density at radius 2 is 1.65 bits per heavy atom. The number of amidine groups is 1. The average Bonchev–Trinajstić information content (AvgIpc) is 2.45. The second-order valence-corrected chi connectivity index (χ2v) is 7.56. The molecule has 6 heteroatoms. The van der Waals surface area contributed by atoms with Gasteiger partial charge in [-0.2, -0.15) is 0 Å². The zero-order valence-corrected chi connectivity index (χ0v) is 14.2. The molecule has 0 heterocycles. The fraction of sp³-hybridized carbons (Fsp3) is 0.235. The van der Waals surface area contributed by atoms with Crippen molar-refractivity contribution in [3.05, 3.63) is 64.7 Å². The van der Waals surface area contributed by atoms with E-state index in [0.29, 0.717) is 12.2 Å². The van der Waals surface area contributed by atoms with Gasteiger partial charge in [-0.25, -0.2) is 8.42 Å². The molecule has 0 aliphatic heterocycles. The van der Waals surface area contributed by atoms with Gasteiger partial charge in [0, 0.05) is 11.8 Å². The molecule has 0 aliphatic rings. The zero-order chi connectivity index (χ0) is 17.0. The zero-order valence-electron chi connectivity index (χ0n) is 13.4. The van der Waals surface area contributed by atoms with Crippen LogP contribution in [-0.4, -0.2) is 20.5 Å². The van der Waals surface area contributed by atoms with Crippen LogP contribution in [0, 0.1) is 13.8 Å². The van der Waals surface area contributed by atoms with Crippen molar-refractivity contribution in [1.29, 1.82) is 0 Å². The number of rotatable bonds is 5. The predicted molar refractivity (Wildman–Crippen MR) is 91.0 cm³/mol. The summed E-state index contributed by atoms with van der Waals surface area (Å²) in [6.45, 7) is 4.37. The summed E-state index contributed by atoms with van der Waals surface area (Å²) in [4.78, 5) is 5.53. The van der Waals surface area contributed by atoms with Crippen molar-refractivity contribution < 1.29 is 13.3 Å². The van der Waals surface area contributed by atoms with E-state index in [-0.39, 0.29) is 10.7 Å². The fourth-order valence-electron chi connectivity index (χ4n) is 2.25. The molecule has 5 nitrogen and oxygen atoms in total. The number of hydrogen-bond acceptors (Lipinski definition) is 4. The molecule has 0 aliphatic carbocycles. The molecule has 0 atom stereocenters. The lowest BCUT2D eigenvalue weighted by Crippen LogP contribution is -2.14. The summed E-state index contributed by atoms with van der Waals surface area (Å²) in [5, 5.41) is 3.89. The Labute approximate surface area is 136 Å². The molecule has 0 bridgehead atoms. The summed E-state index contributed by atoms with van der Waals surface area (Å²) in [6.07, 6.45) is 1.16. The van der Waals surface area contributed by atoms with Gasteiger partial charge in [-0.1, -0.05) is 34.5 Å². The number of hydrogen-bond donors (Lipinski definition) is 1. The fourth-order valence-corrected chi connectivity index (χ4v) is 2.88. The predicted octanol–water partition coefficient (Wildman–Crippen LogP) is 2.54. The van der Waals surface area contributed by atoms with Crippen LogP contribution in [0.4, 0.5) is 0 Å². The number of aryl methyl sites for hydroxylation is 2. The summed E-state index contributed by atoms with van der Waals surface area (Å²) in [5.41, 5.74) is 9.81. The van der Waals surface area contributed by atoms with Crippen molar-refractivity contribution in [3.8, 4) is 0 Å². The van der Waals surface area contributed by atoms with Gasteiger partial charge in [-0.05, 0) is 43.7 Å². The van der Waals surface area contributed by atoms with E-state index < -0.39 is 9.84 Å². The van der Waals surface area contributed by atoms with E-state index in [9.17, 15) is 8.42 Å². The minimum absolute atomic E-state index is 0.203. The molecular weight excluding hydrogens is 312 g/mol. The largest absolute Gasteiger partial charge is 0.389 e. The first-order valence-corrected chi connectivity index (χ1v) is 8.98. The third-order valence-corrected chi connectivity index (χ3v) is 4.38. The molecular formula is C17H20N2O3S. The number of sulfone groups is 1. The van der Waals surface area contributed by atoms with E-state index >= 15 is 0 Å². The maximum atomic E-state index is 11.4. The van der Waals surface area contributed by atoms with Crippen LogP contribution >= 0.6 is 0 Å². The normalized spacial score (nSPS) is 12.2. The second kappa shape index (κ2) is 6.83. The lowest BCUT2D eigenvalue weighted by molar-refractivity contribution is 0.130. The van der Waals surface area contributed by atoms with E-state index in [2.05, 4.69) is 11.2 Å². The Morgan fingerprint density at radius 3 is 2.17 bits per heavy atom. The highest BCUT2D eigenvalue weighted by Crippen LogP contribution is 2.12. The molecule has 2 rings (SSSR count). The summed E-state index contributed by atoms with van der Waals surface area (Å²) in [5.74, 6) is 0.203. The first-order valence-electron chi connectivity index (χ1n) is 7.09. The molecule has 2 aromatic rings. The first kappa shape index (κ1) is 17.0. The molecule has 0 fully saturated rings. The van der Waals surface area contributed by atoms with E-state index in [1.807, 2.05) is 26.0 Å². The summed E-state index contributed by atoms with van der Waals surface area (Å²) < 4.78 is 22.8. The van der Waals surface area contributed by atoms with Crippen LogP contribution in [0.1, 0.15) is 22.3 Å². The topological polar surface area (TPSA) is 81.8 Å². The van der Waals surface area contributed by atoms with Crippen molar-refractivity contribution in [2.24, 2.45) is 10.9 Å².